The number of alkyl halides is 1. The van der Waals surface area contributed by atoms with Crippen molar-refractivity contribution in [1.82, 2.24) is 0 Å². The third kappa shape index (κ3) is 1.98. The molecule has 0 amide bonds. The Balaban J connectivity index is 1.73. The lowest BCUT2D eigenvalue weighted by Crippen LogP contribution is -2.57. The first-order valence-electron chi connectivity index (χ1n) is 9.18. The van der Waals surface area contributed by atoms with Crippen molar-refractivity contribution in [3.05, 3.63) is 11.6 Å². The Kier molecular flexibility index (Phi) is 3.35. The van der Waals surface area contributed by atoms with E-state index in [1.54, 1.807) is 0 Å². The van der Waals surface area contributed by atoms with Crippen LogP contribution in [0.3, 0.4) is 0 Å². The Hall–Kier alpha value is -0.450. The first-order valence-corrected chi connectivity index (χ1v) is 9.18. The summed E-state index contributed by atoms with van der Waals surface area (Å²) in [5, 5.41) is 31.1. The number of aliphatic hydroxyl groups is 3. The van der Waals surface area contributed by atoms with E-state index in [9.17, 15) is 19.7 Å². The molecule has 4 aliphatic rings. The van der Waals surface area contributed by atoms with Crippen molar-refractivity contribution in [3.8, 4) is 0 Å². The normalized spacial score (nSPS) is 58.9. The number of aliphatic hydroxyl groups excluding tert-OH is 2. The molecule has 4 heteroatoms. The second-order valence-corrected chi connectivity index (χ2v) is 9.03. The average Bonchev–Trinajstić information content (AvgIpc) is 2.72. The molecule has 3 unspecified atom stereocenters. The van der Waals surface area contributed by atoms with Gasteiger partial charge in [-0.25, -0.2) is 4.39 Å². The molecule has 4 rings (SSSR count). The van der Waals surface area contributed by atoms with Crippen LogP contribution in [0.5, 0.6) is 0 Å². The smallest absolute Gasteiger partial charge is 0.212 e. The number of rotatable bonds is 0. The lowest BCUT2D eigenvalue weighted by molar-refractivity contribution is -0.209. The van der Waals surface area contributed by atoms with Crippen molar-refractivity contribution >= 4 is 0 Å². The molecular weight excluding hydrogens is 295 g/mol. The van der Waals surface area contributed by atoms with E-state index in [0.29, 0.717) is 25.2 Å². The molecule has 130 valence electrons. The van der Waals surface area contributed by atoms with E-state index in [1.165, 1.54) is 5.57 Å². The van der Waals surface area contributed by atoms with Gasteiger partial charge in [-0.05, 0) is 61.7 Å². The molecular formula is C19H29FO3. The highest BCUT2D eigenvalue weighted by molar-refractivity contribution is 5.27. The van der Waals surface area contributed by atoms with E-state index < -0.39 is 23.5 Å². The van der Waals surface area contributed by atoms with Crippen molar-refractivity contribution in [2.24, 2.45) is 28.6 Å². The van der Waals surface area contributed by atoms with Gasteiger partial charge < -0.3 is 15.3 Å². The molecule has 0 saturated heterocycles. The number of fused-ring (bicyclic) bond motifs is 5. The van der Waals surface area contributed by atoms with Gasteiger partial charge in [-0.2, -0.15) is 0 Å². The Morgan fingerprint density at radius 3 is 2.48 bits per heavy atom. The van der Waals surface area contributed by atoms with E-state index >= 15 is 0 Å². The van der Waals surface area contributed by atoms with Crippen LogP contribution >= 0.6 is 0 Å². The number of hydrogen-bond acceptors (Lipinski definition) is 3. The summed E-state index contributed by atoms with van der Waals surface area (Å²) in [6, 6.07) is 0. The number of halogens is 1. The highest BCUT2D eigenvalue weighted by Gasteiger charge is 2.66. The molecule has 0 aliphatic heterocycles. The molecule has 3 nitrogen and oxygen atoms in total. The highest BCUT2D eigenvalue weighted by Crippen LogP contribution is 2.67. The largest absolute Gasteiger partial charge is 0.392 e. The fourth-order valence-corrected chi connectivity index (χ4v) is 6.64. The van der Waals surface area contributed by atoms with Gasteiger partial charge in [0.2, 0.25) is 5.85 Å². The maximum absolute atomic E-state index is 14.7. The van der Waals surface area contributed by atoms with Gasteiger partial charge in [0.1, 0.15) is 0 Å². The summed E-state index contributed by atoms with van der Waals surface area (Å²) < 4.78 is 14.7. The van der Waals surface area contributed by atoms with Gasteiger partial charge in [0, 0.05) is 11.8 Å². The predicted octanol–water partition coefficient (Wildman–Crippen LogP) is 2.94. The third-order valence-electron chi connectivity index (χ3n) is 8.16. The van der Waals surface area contributed by atoms with Gasteiger partial charge in [-0.1, -0.05) is 25.5 Å². The van der Waals surface area contributed by atoms with Crippen molar-refractivity contribution in [3.63, 3.8) is 0 Å². The zero-order valence-corrected chi connectivity index (χ0v) is 14.1. The molecule has 0 spiro atoms. The molecule has 0 aromatic heterocycles. The van der Waals surface area contributed by atoms with E-state index in [4.69, 9.17) is 0 Å². The average molecular weight is 324 g/mol. The molecule has 0 bridgehead atoms. The molecule has 3 N–H and O–H groups in total. The molecule has 3 fully saturated rings. The Morgan fingerprint density at radius 2 is 1.74 bits per heavy atom. The van der Waals surface area contributed by atoms with E-state index in [-0.39, 0.29) is 23.7 Å². The van der Waals surface area contributed by atoms with Crippen molar-refractivity contribution in [2.75, 3.05) is 0 Å². The summed E-state index contributed by atoms with van der Waals surface area (Å²) in [4.78, 5) is 0. The molecule has 0 heterocycles. The van der Waals surface area contributed by atoms with Crippen LogP contribution in [-0.2, 0) is 0 Å². The molecule has 23 heavy (non-hydrogen) atoms. The van der Waals surface area contributed by atoms with Crippen LogP contribution in [0.2, 0.25) is 0 Å². The third-order valence-corrected chi connectivity index (χ3v) is 8.16. The maximum atomic E-state index is 14.7. The summed E-state index contributed by atoms with van der Waals surface area (Å²) in [7, 11) is 0. The van der Waals surface area contributed by atoms with E-state index in [1.807, 2.05) is 13.0 Å². The molecule has 3 saturated carbocycles. The standard InChI is InChI=1S/C19H29FO3/c1-17-6-3-12(21)9-11(17)10-15(22)16-13(17)4-7-18(2)14(16)5-8-19(18,20)23/h9,12-16,21-23H,3-8,10H2,1-2H3/t12?,13-,14+,15?,16-,17+,18+,19?/m1/s1. The zero-order valence-electron chi connectivity index (χ0n) is 14.1. The summed E-state index contributed by atoms with van der Waals surface area (Å²) >= 11 is 0. The lowest BCUT2D eigenvalue weighted by Gasteiger charge is -2.59. The monoisotopic (exact) mass is 324 g/mol. The fraction of sp³-hybridized carbons (Fsp3) is 0.895. The Morgan fingerprint density at radius 1 is 1.04 bits per heavy atom. The summed E-state index contributed by atoms with van der Waals surface area (Å²) in [6.07, 6.45) is 5.78. The quantitative estimate of drug-likeness (QED) is 0.600. The zero-order chi connectivity index (χ0) is 16.6. The first-order chi connectivity index (χ1) is 10.7. The van der Waals surface area contributed by atoms with Crippen LogP contribution < -0.4 is 0 Å². The van der Waals surface area contributed by atoms with Crippen LogP contribution in [-0.4, -0.2) is 33.4 Å². The van der Waals surface area contributed by atoms with Gasteiger partial charge >= 0.3 is 0 Å². The summed E-state index contributed by atoms with van der Waals surface area (Å²) in [6.45, 7) is 4.15. The van der Waals surface area contributed by atoms with Crippen LogP contribution in [0.1, 0.15) is 58.8 Å². The van der Waals surface area contributed by atoms with Crippen molar-refractivity contribution < 1.29 is 19.7 Å². The topological polar surface area (TPSA) is 60.7 Å². The highest BCUT2D eigenvalue weighted by atomic mass is 19.2. The fourth-order valence-electron chi connectivity index (χ4n) is 6.64. The van der Waals surface area contributed by atoms with Gasteiger partial charge in [-0.15, -0.1) is 0 Å². The second kappa shape index (κ2) is 4.80. The van der Waals surface area contributed by atoms with Gasteiger partial charge in [0.05, 0.1) is 12.2 Å². The van der Waals surface area contributed by atoms with Crippen LogP contribution in [0.15, 0.2) is 11.6 Å². The molecule has 4 aliphatic carbocycles. The predicted molar refractivity (Wildman–Crippen MR) is 85.2 cm³/mol. The van der Waals surface area contributed by atoms with Crippen molar-refractivity contribution in [1.29, 1.82) is 0 Å². The van der Waals surface area contributed by atoms with Crippen LogP contribution in [0.4, 0.5) is 4.39 Å². The SMILES string of the molecule is C[C@]12CCC(O)C=C1CC(O)[C@@H]1[C@H]2CC[C@@]2(C)[C@H]1CCC2(O)F. The summed E-state index contributed by atoms with van der Waals surface area (Å²) in [5.41, 5.74) is 0.490. The van der Waals surface area contributed by atoms with Gasteiger partial charge in [0.25, 0.3) is 0 Å². The summed E-state index contributed by atoms with van der Waals surface area (Å²) in [5.74, 6) is -1.65. The molecule has 8 atom stereocenters. The minimum absolute atomic E-state index is 0.0154. The molecule has 0 aromatic rings. The van der Waals surface area contributed by atoms with E-state index in [2.05, 4.69) is 6.92 Å². The molecule has 0 radical (unpaired) electrons. The van der Waals surface area contributed by atoms with Crippen molar-refractivity contribution in [2.45, 2.75) is 76.9 Å². The van der Waals surface area contributed by atoms with Gasteiger partial charge in [-0.3, -0.25) is 0 Å². The van der Waals surface area contributed by atoms with E-state index in [0.717, 1.165) is 19.3 Å². The van der Waals surface area contributed by atoms with Crippen LogP contribution in [0.25, 0.3) is 0 Å². The minimum atomic E-state index is -2.10. The first kappa shape index (κ1) is 16.0. The minimum Gasteiger partial charge on any atom is -0.392 e. The lowest BCUT2D eigenvalue weighted by atomic mass is 9.46. The van der Waals surface area contributed by atoms with Gasteiger partial charge in [0.15, 0.2) is 0 Å². The molecule has 0 aromatic carbocycles. The Bertz CT molecular complexity index is 545. The van der Waals surface area contributed by atoms with Crippen LogP contribution in [0, 0.1) is 28.6 Å². The Labute approximate surface area is 137 Å². The number of hydrogen-bond donors (Lipinski definition) is 3. The maximum Gasteiger partial charge on any atom is 0.212 e. The second-order valence-electron chi connectivity index (χ2n) is 9.03.